The molecule has 0 aromatic heterocycles. The lowest BCUT2D eigenvalue weighted by Crippen LogP contribution is -2.28. The minimum Gasteiger partial charge on any atom is -0.414 e. The summed E-state index contributed by atoms with van der Waals surface area (Å²) < 4.78 is 42.4. The summed E-state index contributed by atoms with van der Waals surface area (Å²) in [6.07, 6.45) is -4.26. The Kier molecular flexibility index (Phi) is 3.80. The van der Waals surface area contributed by atoms with Crippen LogP contribution in [0, 0.1) is 0 Å². The summed E-state index contributed by atoms with van der Waals surface area (Å²) in [7, 11) is -0.943. The molecule has 0 fully saturated rings. The molecule has 16 heavy (non-hydrogen) atoms. The van der Waals surface area contributed by atoms with Crippen LogP contribution in [-0.4, -0.2) is 15.4 Å². The molecule has 0 aliphatic carbocycles. The molecule has 0 atom stereocenters. The molecule has 1 rings (SSSR count). The van der Waals surface area contributed by atoms with Gasteiger partial charge in [-0.05, 0) is 26.0 Å². The standard InChI is InChI=1S/C11H15F3OSi/c1-10(2,3)15-16-9-6-4-8(5-7-9)11(12,13)14/h4-7H,16H2,1-3H3. The van der Waals surface area contributed by atoms with E-state index in [1.807, 2.05) is 20.8 Å². The number of hydrogen-bond acceptors (Lipinski definition) is 1. The molecule has 0 aliphatic heterocycles. The maximum Gasteiger partial charge on any atom is 0.416 e. The van der Waals surface area contributed by atoms with Crippen molar-refractivity contribution in [2.24, 2.45) is 0 Å². The molecular weight excluding hydrogens is 233 g/mol. The van der Waals surface area contributed by atoms with Crippen molar-refractivity contribution < 1.29 is 17.6 Å². The molecule has 0 amide bonds. The molecule has 1 aromatic carbocycles. The topological polar surface area (TPSA) is 9.23 Å². The molecular formula is C11H15F3OSi. The summed E-state index contributed by atoms with van der Waals surface area (Å²) in [5.74, 6) is 0. The Morgan fingerprint density at radius 3 is 1.88 bits per heavy atom. The van der Waals surface area contributed by atoms with Gasteiger partial charge in [-0.25, -0.2) is 0 Å². The van der Waals surface area contributed by atoms with Gasteiger partial charge in [0.1, 0.15) is 0 Å². The van der Waals surface area contributed by atoms with Crippen molar-refractivity contribution in [2.75, 3.05) is 0 Å². The Morgan fingerprint density at radius 2 is 1.50 bits per heavy atom. The maximum absolute atomic E-state index is 12.3. The van der Waals surface area contributed by atoms with Crippen LogP contribution in [0.4, 0.5) is 13.2 Å². The van der Waals surface area contributed by atoms with Gasteiger partial charge in [0.25, 0.3) is 0 Å². The first-order valence-corrected chi connectivity index (χ1v) is 6.27. The average molecular weight is 248 g/mol. The Labute approximate surface area is 95.6 Å². The first kappa shape index (κ1) is 13.3. The summed E-state index contributed by atoms with van der Waals surface area (Å²) in [4.78, 5) is 0. The van der Waals surface area contributed by atoms with Crippen LogP contribution >= 0.6 is 0 Å². The van der Waals surface area contributed by atoms with Gasteiger partial charge in [-0.3, -0.25) is 0 Å². The van der Waals surface area contributed by atoms with Crippen molar-refractivity contribution in [3.8, 4) is 0 Å². The molecule has 0 unspecified atom stereocenters. The van der Waals surface area contributed by atoms with Crippen LogP contribution in [0.2, 0.25) is 0 Å². The third-order valence-corrected chi connectivity index (χ3v) is 3.77. The van der Waals surface area contributed by atoms with E-state index in [1.165, 1.54) is 12.1 Å². The Balaban J connectivity index is 2.66. The highest BCUT2D eigenvalue weighted by Crippen LogP contribution is 2.28. The molecule has 5 heteroatoms. The number of hydrogen-bond donors (Lipinski definition) is 0. The van der Waals surface area contributed by atoms with Crippen molar-refractivity contribution in [3.05, 3.63) is 29.8 Å². The zero-order valence-corrected chi connectivity index (χ0v) is 11.0. The van der Waals surface area contributed by atoms with Crippen molar-refractivity contribution >= 4 is 14.9 Å². The minimum absolute atomic E-state index is 0.227. The van der Waals surface area contributed by atoms with E-state index in [1.54, 1.807) is 0 Å². The molecule has 0 spiro atoms. The van der Waals surface area contributed by atoms with Crippen LogP contribution < -0.4 is 5.19 Å². The van der Waals surface area contributed by atoms with Crippen LogP contribution in [0.25, 0.3) is 0 Å². The van der Waals surface area contributed by atoms with E-state index in [0.29, 0.717) is 0 Å². The summed E-state index contributed by atoms with van der Waals surface area (Å²) in [6, 6.07) is 5.21. The zero-order chi connectivity index (χ0) is 12.4. The summed E-state index contributed by atoms with van der Waals surface area (Å²) in [5, 5.41) is 0.878. The summed E-state index contributed by atoms with van der Waals surface area (Å²) in [5.41, 5.74) is -0.837. The lowest BCUT2D eigenvalue weighted by molar-refractivity contribution is -0.137. The fourth-order valence-electron chi connectivity index (χ4n) is 1.09. The Morgan fingerprint density at radius 1 is 1.00 bits per heavy atom. The second kappa shape index (κ2) is 4.59. The first-order chi connectivity index (χ1) is 7.18. The van der Waals surface area contributed by atoms with Gasteiger partial charge in [-0.1, -0.05) is 24.3 Å². The maximum atomic E-state index is 12.3. The smallest absolute Gasteiger partial charge is 0.414 e. The SMILES string of the molecule is CC(C)(C)O[SiH2]c1ccc(C(F)(F)F)cc1. The Hall–Kier alpha value is -0.813. The fraction of sp³-hybridized carbons (Fsp3) is 0.455. The van der Waals surface area contributed by atoms with Gasteiger partial charge in [0.15, 0.2) is 9.76 Å². The summed E-state index contributed by atoms with van der Waals surface area (Å²) in [6.45, 7) is 5.80. The van der Waals surface area contributed by atoms with E-state index in [4.69, 9.17) is 4.43 Å². The van der Waals surface area contributed by atoms with Gasteiger partial charge < -0.3 is 4.43 Å². The largest absolute Gasteiger partial charge is 0.416 e. The van der Waals surface area contributed by atoms with Gasteiger partial charge in [0.05, 0.1) is 5.56 Å². The van der Waals surface area contributed by atoms with Crippen molar-refractivity contribution in [3.63, 3.8) is 0 Å². The summed E-state index contributed by atoms with van der Waals surface area (Å²) >= 11 is 0. The highest BCUT2D eigenvalue weighted by atomic mass is 28.2. The van der Waals surface area contributed by atoms with Crippen LogP contribution in [0.5, 0.6) is 0 Å². The molecule has 1 nitrogen and oxygen atoms in total. The third-order valence-electron chi connectivity index (χ3n) is 1.95. The predicted molar refractivity (Wildman–Crippen MR) is 60.5 cm³/mol. The predicted octanol–water partition coefficient (Wildman–Crippen LogP) is 2.23. The molecule has 0 saturated carbocycles. The van der Waals surface area contributed by atoms with Gasteiger partial charge in [0.2, 0.25) is 0 Å². The quantitative estimate of drug-likeness (QED) is 0.729. The molecule has 1 aromatic rings. The number of benzene rings is 1. The monoisotopic (exact) mass is 248 g/mol. The van der Waals surface area contributed by atoms with Gasteiger partial charge in [-0.2, -0.15) is 13.2 Å². The lowest BCUT2D eigenvalue weighted by atomic mass is 10.2. The molecule has 0 N–H and O–H groups in total. The first-order valence-electron chi connectivity index (χ1n) is 4.98. The minimum atomic E-state index is -4.26. The number of rotatable bonds is 2. The molecule has 90 valence electrons. The van der Waals surface area contributed by atoms with Crippen molar-refractivity contribution in [1.29, 1.82) is 0 Å². The van der Waals surface area contributed by atoms with Gasteiger partial charge in [-0.15, -0.1) is 0 Å². The molecule has 0 radical (unpaired) electrons. The Bertz CT molecular complexity index is 338. The fourth-order valence-corrected chi connectivity index (χ4v) is 2.12. The normalized spacial score (nSPS) is 13.6. The van der Waals surface area contributed by atoms with E-state index < -0.39 is 21.5 Å². The van der Waals surface area contributed by atoms with E-state index in [9.17, 15) is 13.2 Å². The number of alkyl halides is 3. The third kappa shape index (κ3) is 4.36. The molecule has 0 saturated heterocycles. The van der Waals surface area contributed by atoms with Crippen LogP contribution in [0.15, 0.2) is 24.3 Å². The average Bonchev–Trinajstić information content (AvgIpc) is 2.13. The van der Waals surface area contributed by atoms with Crippen LogP contribution in [0.3, 0.4) is 0 Å². The molecule has 0 bridgehead atoms. The lowest BCUT2D eigenvalue weighted by Gasteiger charge is -2.20. The second-order valence-electron chi connectivity index (χ2n) is 4.60. The van der Waals surface area contributed by atoms with Crippen LogP contribution in [0.1, 0.15) is 26.3 Å². The number of halogens is 3. The van der Waals surface area contributed by atoms with Crippen molar-refractivity contribution in [1.82, 2.24) is 0 Å². The highest BCUT2D eigenvalue weighted by molar-refractivity contribution is 6.46. The van der Waals surface area contributed by atoms with E-state index in [2.05, 4.69) is 0 Å². The van der Waals surface area contributed by atoms with E-state index >= 15 is 0 Å². The van der Waals surface area contributed by atoms with Gasteiger partial charge >= 0.3 is 6.18 Å². The van der Waals surface area contributed by atoms with E-state index in [0.717, 1.165) is 17.3 Å². The molecule has 0 heterocycles. The van der Waals surface area contributed by atoms with Crippen molar-refractivity contribution in [2.45, 2.75) is 32.5 Å². The molecule has 0 aliphatic rings. The zero-order valence-electron chi connectivity index (χ0n) is 9.56. The van der Waals surface area contributed by atoms with Gasteiger partial charge in [0, 0.05) is 5.60 Å². The van der Waals surface area contributed by atoms with E-state index in [-0.39, 0.29) is 5.60 Å². The highest BCUT2D eigenvalue weighted by Gasteiger charge is 2.29. The second-order valence-corrected chi connectivity index (χ2v) is 5.99. The van der Waals surface area contributed by atoms with Crippen LogP contribution in [-0.2, 0) is 10.6 Å².